The zero-order chi connectivity index (χ0) is 16.5. The van der Waals surface area contributed by atoms with Crippen LogP contribution >= 0.6 is 0 Å². The molecule has 0 aliphatic carbocycles. The minimum absolute atomic E-state index is 0.0163. The number of hydrogen-bond donors (Lipinski definition) is 1. The first-order valence-corrected chi connectivity index (χ1v) is 9.11. The van der Waals surface area contributed by atoms with Crippen LogP contribution in [0.25, 0.3) is 0 Å². The lowest BCUT2D eigenvalue weighted by atomic mass is 10.3. The minimum Gasteiger partial charge on any atom is -0.495 e. The van der Waals surface area contributed by atoms with E-state index in [1.54, 1.807) is 4.89 Å². The Bertz CT molecular complexity index is 802. The van der Waals surface area contributed by atoms with Gasteiger partial charge in [-0.3, -0.25) is 9.63 Å². The highest BCUT2D eigenvalue weighted by atomic mass is 32.2. The van der Waals surface area contributed by atoms with Gasteiger partial charge in [0, 0.05) is 6.42 Å². The number of carbonyl (C=O) groups excluding carboxylic acids is 1. The number of methoxy groups -OCH3 is 1. The van der Waals surface area contributed by atoms with Crippen LogP contribution in [0.4, 0.5) is 5.69 Å². The fraction of sp³-hybridized carbons (Fsp3) is 0.364. The third-order valence-corrected chi connectivity index (χ3v) is 5.92. The number of hydrogen-bond acceptors (Lipinski definition) is 7. The molecule has 2 rings (SSSR count). The standard InChI is InChI=1S/C11H14N2O7S2/c1-19-9-4-3-8(7-10(9)22(17,18)12-20-2)13-11(14)5-6-21(13,15)16/h3-4,7,12H,5-6H2,1-2H3. The lowest BCUT2D eigenvalue weighted by molar-refractivity contribution is -0.116. The molecule has 0 saturated carbocycles. The minimum atomic E-state index is -4.09. The van der Waals surface area contributed by atoms with Gasteiger partial charge in [0.2, 0.25) is 15.9 Å². The average molecular weight is 350 g/mol. The summed E-state index contributed by atoms with van der Waals surface area (Å²) in [6.07, 6.45) is -0.146. The first-order chi connectivity index (χ1) is 10.2. The molecule has 0 unspecified atom stereocenters. The van der Waals surface area contributed by atoms with Crippen molar-refractivity contribution < 1.29 is 31.2 Å². The summed E-state index contributed by atoms with van der Waals surface area (Å²) in [6.45, 7) is 0. The van der Waals surface area contributed by atoms with Crippen LogP contribution in [0.15, 0.2) is 23.1 Å². The van der Waals surface area contributed by atoms with E-state index < -0.39 is 26.0 Å². The molecule has 1 aromatic carbocycles. The number of ether oxygens (including phenoxy) is 1. The second-order valence-electron chi connectivity index (χ2n) is 4.35. The highest BCUT2D eigenvalue weighted by Gasteiger charge is 2.37. The van der Waals surface area contributed by atoms with E-state index in [9.17, 15) is 21.6 Å². The molecular formula is C11H14N2O7S2. The van der Waals surface area contributed by atoms with Crippen molar-refractivity contribution >= 4 is 31.6 Å². The Morgan fingerprint density at radius 1 is 1.27 bits per heavy atom. The summed E-state index contributed by atoms with van der Waals surface area (Å²) in [6, 6.07) is 3.60. The predicted octanol–water partition coefficient (Wildman–Crippen LogP) is -0.399. The van der Waals surface area contributed by atoms with Gasteiger partial charge in [0.05, 0.1) is 25.7 Å². The van der Waals surface area contributed by atoms with Crippen molar-refractivity contribution in [2.75, 3.05) is 24.3 Å². The zero-order valence-electron chi connectivity index (χ0n) is 11.8. The van der Waals surface area contributed by atoms with E-state index in [0.717, 1.165) is 13.2 Å². The van der Waals surface area contributed by atoms with E-state index in [2.05, 4.69) is 4.84 Å². The molecule has 0 radical (unpaired) electrons. The molecule has 1 aromatic rings. The van der Waals surface area contributed by atoms with Crippen LogP contribution in [0, 0.1) is 0 Å². The third-order valence-electron chi connectivity index (χ3n) is 2.94. The van der Waals surface area contributed by atoms with Crippen LogP contribution in [-0.4, -0.2) is 42.7 Å². The van der Waals surface area contributed by atoms with Gasteiger partial charge >= 0.3 is 0 Å². The van der Waals surface area contributed by atoms with Crippen molar-refractivity contribution in [3.05, 3.63) is 18.2 Å². The maximum Gasteiger partial charge on any atom is 0.266 e. The number of anilines is 1. The summed E-state index contributed by atoms with van der Waals surface area (Å²) < 4.78 is 53.4. The van der Waals surface area contributed by atoms with Crippen LogP contribution in [0.5, 0.6) is 5.75 Å². The Hall–Kier alpha value is -1.69. The number of sulfonamides is 2. The molecule has 1 saturated heterocycles. The number of carbonyl (C=O) groups is 1. The summed E-state index contributed by atoms with van der Waals surface area (Å²) in [5.41, 5.74) is -0.0696. The number of rotatable bonds is 5. The molecule has 0 atom stereocenters. The summed E-state index contributed by atoms with van der Waals surface area (Å²) in [4.78, 5) is 17.6. The van der Waals surface area contributed by atoms with Gasteiger partial charge in [0.15, 0.2) is 0 Å². The molecule has 1 heterocycles. The molecule has 0 spiro atoms. The van der Waals surface area contributed by atoms with Crippen molar-refractivity contribution in [1.82, 2.24) is 4.89 Å². The SMILES string of the molecule is CONS(=O)(=O)c1cc(N2C(=O)CCS2(=O)=O)ccc1OC. The molecule has 11 heteroatoms. The second kappa shape index (κ2) is 5.83. The zero-order valence-corrected chi connectivity index (χ0v) is 13.4. The van der Waals surface area contributed by atoms with Crippen LogP contribution in [0.2, 0.25) is 0 Å². The topological polar surface area (TPSA) is 119 Å². The number of nitrogens with zero attached hydrogens (tertiary/aromatic N) is 1. The van der Waals surface area contributed by atoms with Gasteiger partial charge in [-0.25, -0.2) is 21.1 Å². The van der Waals surface area contributed by atoms with Crippen molar-refractivity contribution in [1.29, 1.82) is 0 Å². The van der Waals surface area contributed by atoms with Gasteiger partial charge in [-0.15, -0.1) is 0 Å². The molecule has 1 amide bonds. The van der Waals surface area contributed by atoms with Crippen molar-refractivity contribution in [3.8, 4) is 5.75 Å². The summed E-state index contributed by atoms with van der Waals surface area (Å²) in [7, 11) is -5.50. The quantitative estimate of drug-likeness (QED) is 0.718. The Morgan fingerprint density at radius 2 is 1.95 bits per heavy atom. The molecule has 1 aliphatic heterocycles. The molecule has 22 heavy (non-hydrogen) atoms. The van der Waals surface area contributed by atoms with Gasteiger partial charge in [0.25, 0.3) is 10.0 Å². The van der Waals surface area contributed by atoms with Gasteiger partial charge in [-0.05, 0) is 18.2 Å². The molecule has 0 aromatic heterocycles. The molecule has 1 aliphatic rings. The Labute approximate surface area is 127 Å². The lowest BCUT2D eigenvalue weighted by Gasteiger charge is -2.17. The lowest BCUT2D eigenvalue weighted by Crippen LogP contribution is -2.30. The summed E-state index contributed by atoms with van der Waals surface area (Å²) >= 11 is 0. The first-order valence-electron chi connectivity index (χ1n) is 6.01. The van der Waals surface area contributed by atoms with Crippen molar-refractivity contribution in [3.63, 3.8) is 0 Å². The van der Waals surface area contributed by atoms with E-state index in [-0.39, 0.29) is 28.5 Å². The number of nitrogens with one attached hydrogen (secondary N) is 1. The molecule has 9 nitrogen and oxygen atoms in total. The normalized spacial score (nSPS) is 17.7. The van der Waals surface area contributed by atoms with Crippen LogP contribution < -0.4 is 13.9 Å². The van der Waals surface area contributed by atoms with E-state index in [4.69, 9.17) is 4.74 Å². The summed E-state index contributed by atoms with van der Waals surface area (Å²) in [5.74, 6) is -0.943. The molecular weight excluding hydrogens is 336 g/mol. The van der Waals surface area contributed by atoms with Crippen molar-refractivity contribution in [2.24, 2.45) is 0 Å². The van der Waals surface area contributed by atoms with Crippen molar-refractivity contribution in [2.45, 2.75) is 11.3 Å². The van der Waals surface area contributed by atoms with Gasteiger partial charge < -0.3 is 4.74 Å². The Morgan fingerprint density at radius 3 is 2.45 bits per heavy atom. The van der Waals surface area contributed by atoms with Gasteiger partial charge in [0.1, 0.15) is 10.6 Å². The van der Waals surface area contributed by atoms with Crippen LogP contribution in [0.3, 0.4) is 0 Å². The van der Waals surface area contributed by atoms with Crippen LogP contribution in [0.1, 0.15) is 6.42 Å². The van der Waals surface area contributed by atoms with E-state index in [1.165, 1.54) is 19.2 Å². The fourth-order valence-corrected chi connectivity index (χ4v) is 4.48. The molecule has 1 N–H and O–H groups in total. The molecule has 122 valence electrons. The Balaban J connectivity index is 2.60. The third kappa shape index (κ3) is 2.92. The highest BCUT2D eigenvalue weighted by Crippen LogP contribution is 2.32. The smallest absolute Gasteiger partial charge is 0.266 e. The maximum atomic E-state index is 12.1. The van der Waals surface area contributed by atoms with E-state index >= 15 is 0 Å². The molecule has 1 fully saturated rings. The van der Waals surface area contributed by atoms with Crippen LogP contribution in [-0.2, 0) is 29.7 Å². The molecule has 0 bridgehead atoms. The Kier molecular flexibility index (Phi) is 4.42. The number of amides is 1. The van der Waals surface area contributed by atoms with Gasteiger partial charge in [-0.1, -0.05) is 4.89 Å². The predicted molar refractivity (Wildman–Crippen MR) is 76.2 cm³/mol. The average Bonchev–Trinajstić information content (AvgIpc) is 2.72. The second-order valence-corrected chi connectivity index (χ2v) is 7.90. The van der Waals surface area contributed by atoms with E-state index in [1.807, 2.05) is 0 Å². The summed E-state index contributed by atoms with van der Waals surface area (Å²) in [5, 5.41) is 0. The monoisotopic (exact) mass is 350 g/mol. The number of benzene rings is 1. The maximum absolute atomic E-state index is 12.1. The highest BCUT2D eigenvalue weighted by molar-refractivity contribution is 7.94. The first kappa shape index (κ1) is 16.7. The van der Waals surface area contributed by atoms with Gasteiger partial charge in [-0.2, -0.15) is 0 Å². The largest absolute Gasteiger partial charge is 0.495 e. The fourth-order valence-electron chi connectivity index (χ4n) is 2.03. The van der Waals surface area contributed by atoms with E-state index in [0.29, 0.717) is 4.31 Å².